The van der Waals surface area contributed by atoms with E-state index in [9.17, 15) is 9.50 Å². The van der Waals surface area contributed by atoms with Crippen LogP contribution in [-0.4, -0.2) is 42.5 Å². The van der Waals surface area contributed by atoms with Crippen LogP contribution in [0.25, 0.3) is 16.6 Å². The summed E-state index contributed by atoms with van der Waals surface area (Å²) in [5, 5.41) is 29.3. The first kappa shape index (κ1) is 20.5. The molecular weight excluding hydrogens is 423 g/mol. The Morgan fingerprint density at radius 2 is 1.94 bits per heavy atom. The summed E-state index contributed by atoms with van der Waals surface area (Å²) < 4.78 is 16.0. The molecule has 0 spiro atoms. The van der Waals surface area contributed by atoms with Crippen molar-refractivity contribution in [1.29, 1.82) is 5.26 Å². The van der Waals surface area contributed by atoms with Crippen LogP contribution in [-0.2, 0) is 0 Å². The van der Waals surface area contributed by atoms with Gasteiger partial charge in [-0.3, -0.25) is 0 Å². The summed E-state index contributed by atoms with van der Waals surface area (Å²) >= 11 is 6.22. The number of pyridine rings is 1. The molecule has 0 saturated heterocycles. The van der Waals surface area contributed by atoms with E-state index in [1.54, 1.807) is 24.5 Å². The first-order chi connectivity index (χ1) is 15.0. The van der Waals surface area contributed by atoms with Crippen molar-refractivity contribution >= 4 is 40.0 Å². The summed E-state index contributed by atoms with van der Waals surface area (Å²) in [6.45, 7) is 1.78. The molecule has 0 radical (unpaired) electrons. The maximum absolute atomic E-state index is 14.6. The maximum Gasteiger partial charge on any atom is 0.151 e. The van der Waals surface area contributed by atoms with Crippen LogP contribution in [0.4, 0.5) is 21.8 Å². The summed E-state index contributed by atoms with van der Waals surface area (Å²) in [5.74, 6) is 0.795. The first-order valence-corrected chi connectivity index (χ1v) is 9.56. The Bertz CT molecular complexity index is 1280. The fourth-order valence-corrected chi connectivity index (χ4v) is 3.22. The maximum atomic E-state index is 14.6. The molecule has 0 bridgehead atoms. The summed E-state index contributed by atoms with van der Waals surface area (Å²) in [4.78, 5) is 12.6. The van der Waals surface area contributed by atoms with Crippen molar-refractivity contribution in [3.8, 4) is 11.8 Å². The van der Waals surface area contributed by atoms with Crippen LogP contribution in [0.3, 0.4) is 0 Å². The Morgan fingerprint density at radius 3 is 2.68 bits per heavy atom. The standard InChI is InChI=1S/C20H16ClFN8O/c1-11(9-31)28-18-5-19(26-10-25-18)29-17-4-16-13(7-24-17)8-27-30(16)20-14(21)2-12(6-23)3-15(20)22/h2-5,7-8,10-11,31H,9H2,1H3,(H2,24,25,26,28,29). The molecule has 156 valence electrons. The van der Waals surface area contributed by atoms with E-state index in [1.165, 1.54) is 17.1 Å². The first-order valence-electron chi connectivity index (χ1n) is 9.18. The van der Waals surface area contributed by atoms with Gasteiger partial charge >= 0.3 is 0 Å². The predicted molar refractivity (Wildman–Crippen MR) is 114 cm³/mol. The highest BCUT2D eigenvalue weighted by Crippen LogP contribution is 2.29. The Balaban J connectivity index is 1.69. The Morgan fingerprint density at radius 1 is 1.16 bits per heavy atom. The van der Waals surface area contributed by atoms with Crippen LogP contribution < -0.4 is 10.6 Å². The molecule has 31 heavy (non-hydrogen) atoms. The predicted octanol–water partition coefficient (Wildman–Crippen LogP) is 3.41. The summed E-state index contributed by atoms with van der Waals surface area (Å²) in [7, 11) is 0. The number of nitriles is 1. The van der Waals surface area contributed by atoms with Crippen molar-refractivity contribution in [2.45, 2.75) is 13.0 Å². The minimum Gasteiger partial charge on any atom is -0.394 e. The van der Waals surface area contributed by atoms with E-state index >= 15 is 0 Å². The lowest BCUT2D eigenvalue weighted by atomic mass is 10.2. The molecule has 0 amide bonds. The number of fused-ring (bicyclic) bond motifs is 1. The number of nitrogens with one attached hydrogen (secondary N) is 2. The van der Waals surface area contributed by atoms with E-state index in [4.69, 9.17) is 16.9 Å². The lowest BCUT2D eigenvalue weighted by Gasteiger charge is -2.12. The molecule has 1 unspecified atom stereocenters. The SMILES string of the molecule is CC(CO)Nc1cc(Nc2cc3c(cn2)cnn3-c2c(F)cc(C#N)cc2Cl)ncn1. The highest BCUT2D eigenvalue weighted by Gasteiger charge is 2.16. The Labute approximate surface area is 181 Å². The summed E-state index contributed by atoms with van der Waals surface area (Å²) in [6, 6.07) is 7.55. The van der Waals surface area contributed by atoms with Gasteiger partial charge in [0.25, 0.3) is 0 Å². The van der Waals surface area contributed by atoms with Crippen LogP contribution in [0, 0.1) is 17.1 Å². The van der Waals surface area contributed by atoms with Crippen LogP contribution in [0.2, 0.25) is 5.02 Å². The van der Waals surface area contributed by atoms with E-state index < -0.39 is 5.82 Å². The molecule has 3 aromatic heterocycles. The minimum atomic E-state index is -0.662. The van der Waals surface area contributed by atoms with Gasteiger partial charge in [-0.2, -0.15) is 10.4 Å². The van der Waals surface area contributed by atoms with Crippen molar-refractivity contribution in [2.24, 2.45) is 0 Å². The number of anilines is 3. The molecule has 4 rings (SSSR count). The second-order valence-corrected chi connectivity index (χ2v) is 7.13. The number of aliphatic hydroxyl groups excluding tert-OH is 1. The number of aliphatic hydroxyl groups is 1. The third-order valence-electron chi connectivity index (χ3n) is 4.40. The highest BCUT2D eigenvalue weighted by molar-refractivity contribution is 6.32. The second-order valence-electron chi connectivity index (χ2n) is 6.73. The van der Waals surface area contributed by atoms with Gasteiger partial charge in [0.2, 0.25) is 0 Å². The van der Waals surface area contributed by atoms with Gasteiger partial charge in [-0.1, -0.05) is 11.6 Å². The largest absolute Gasteiger partial charge is 0.394 e. The lowest BCUT2D eigenvalue weighted by Crippen LogP contribution is -2.20. The molecule has 3 heterocycles. The fourth-order valence-electron chi connectivity index (χ4n) is 2.93. The van der Waals surface area contributed by atoms with E-state index in [2.05, 4.69) is 30.7 Å². The van der Waals surface area contributed by atoms with Gasteiger partial charge in [-0.25, -0.2) is 24.0 Å². The normalized spacial score (nSPS) is 11.8. The summed E-state index contributed by atoms with van der Waals surface area (Å²) in [6.07, 6.45) is 4.51. The third-order valence-corrected chi connectivity index (χ3v) is 4.69. The molecule has 1 aromatic carbocycles. The number of rotatable bonds is 6. The van der Waals surface area contributed by atoms with Crippen molar-refractivity contribution in [3.63, 3.8) is 0 Å². The van der Waals surface area contributed by atoms with Crippen LogP contribution >= 0.6 is 11.6 Å². The van der Waals surface area contributed by atoms with Crippen LogP contribution in [0.5, 0.6) is 0 Å². The van der Waals surface area contributed by atoms with Gasteiger partial charge in [0, 0.05) is 29.8 Å². The van der Waals surface area contributed by atoms with Gasteiger partial charge < -0.3 is 15.7 Å². The van der Waals surface area contributed by atoms with Crippen molar-refractivity contribution in [2.75, 3.05) is 17.2 Å². The van der Waals surface area contributed by atoms with Crippen LogP contribution in [0.15, 0.2) is 43.0 Å². The van der Waals surface area contributed by atoms with E-state index in [-0.39, 0.29) is 28.9 Å². The molecular formula is C20H16ClFN8O. The van der Waals surface area contributed by atoms with Crippen molar-refractivity contribution < 1.29 is 9.50 Å². The van der Waals surface area contributed by atoms with E-state index in [1.807, 2.05) is 13.0 Å². The molecule has 11 heteroatoms. The van der Waals surface area contributed by atoms with Gasteiger partial charge in [0.05, 0.1) is 35.0 Å². The molecule has 1 atom stereocenters. The van der Waals surface area contributed by atoms with Gasteiger partial charge in [-0.05, 0) is 19.1 Å². The highest BCUT2D eigenvalue weighted by atomic mass is 35.5. The zero-order valence-electron chi connectivity index (χ0n) is 16.2. The number of nitrogens with zero attached hydrogens (tertiary/aromatic N) is 6. The van der Waals surface area contributed by atoms with E-state index in [0.717, 1.165) is 6.07 Å². The molecule has 0 fully saturated rings. The molecule has 0 aliphatic heterocycles. The van der Waals surface area contributed by atoms with Gasteiger partial charge in [-0.15, -0.1) is 0 Å². The zero-order valence-corrected chi connectivity index (χ0v) is 17.0. The zero-order chi connectivity index (χ0) is 22.0. The van der Waals surface area contributed by atoms with Crippen LogP contribution in [0.1, 0.15) is 12.5 Å². The second kappa shape index (κ2) is 8.51. The Hall–Kier alpha value is -3.81. The summed E-state index contributed by atoms with van der Waals surface area (Å²) in [5.41, 5.74) is 0.721. The third kappa shape index (κ3) is 4.23. The number of halogens is 2. The topological polar surface area (TPSA) is 125 Å². The molecule has 3 N–H and O–H groups in total. The number of hydrogen-bond acceptors (Lipinski definition) is 8. The minimum absolute atomic E-state index is 0.0383. The number of aromatic nitrogens is 5. The fraction of sp³-hybridized carbons (Fsp3) is 0.150. The monoisotopic (exact) mass is 438 g/mol. The van der Waals surface area contributed by atoms with E-state index in [0.29, 0.717) is 28.4 Å². The van der Waals surface area contributed by atoms with Crippen molar-refractivity contribution in [3.05, 3.63) is 59.4 Å². The molecule has 4 aromatic rings. The number of benzene rings is 1. The molecule has 0 aliphatic rings. The lowest BCUT2D eigenvalue weighted by molar-refractivity contribution is 0.281. The molecule has 0 saturated carbocycles. The number of hydrogen-bond donors (Lipinski definition) is 3. The Kier molecular flexibility index (Phi) is 5.62. The van der Waals surface area contributed by atoms with Gasteiger partial charge in [0.15, 0.2) is 5.82 Å². The molecule has 9 nitrogen and oxygen atoms in total. The molecule has 0 aliphatic carbocycles. The van der Waals surface area contributed by atoms with Gasteiger partial charge in [0.1, 0.15) is 29.5 Å². The average Bonchev–Trinajstić information content (AvgIpc) is 3.16. The smallest absolute Gasteiger partial charge is 0.151 e. The average molecular weight is 439 g/mol. The quantitative estimate of drug-likeness (QED) is 0.418. The van der Waals surface area contributed by atoms with Crippen molar-refractivity contribution in [1.82, 2.24) is 24.7 Å².